The fourth-order valence-electron chi connectivity index (χ4n) is 2.01. The molecule has 0 bridgehead atoms. The summed E-state index contributed by atoms with van der Waals surface area (Å²) >= 11 is 1.63. The van der Waals surface area contributed by atoms with Crippen molar-refractivity contribution >= 4 is 28.1 Å². The number of nitrogens with zero attached hydrogens (tertiary/aromatic N) is 1. The van der Waals surface area contributed by atoms with Gasteiger partial charge in [0, 0.05) is 10.3 Å². The second kappa shape index (κ2) is 4.85. The van der Waals surface area contributed by atoms with E-state index in [0.717, 1.165) is 15.8 Å². The summed E-state index contributed by atoms with van der Waals surface area (Å²) in [4.78, 5) is 13.4. The van der Waals surface area contributed by atoms with Crippen LogP contribution in [0, 0.1) is 0 Å². The van der Waals surface area contributed by atoms with Crippen LogP contribution in [0.2, 0.25) is 0 Å². The third kappa shape index (κ3) is 2.24. The molecule has 3 rings (SSSR count). The Morgan fingerprint density at radius 1 is 1.32 bits per heavy atom. The lowest BCUT2D eigenvalue weighted by Gasteiger charge is -2.10. The van der Waals surface area contributed by atoms with Crippen LogP contribution in [0.4, 0.5) is 0 Å². The van der Waals surface area contributed by atoms with Crippen LogP contribution in [-0.4, -0.2) is 16.1 Å². The Bertz CT molecular complexity index is 702. The van der Waals surface area contributed by atoms with Gasteiger partial charge in [-0.25, -0.2) is 0 Å². The first-order valence-electron chi connectivity index (χ1n) is 6.03. The van der Waals surface area contributed by atoms with E-state index in [-0.39, 0.29) is 11.9 Å². The number of hydrogen-bond acceptors (Lipinski definition) is 3. The van der Waals surface area contributed by atoms with Gasteiger partial charge in [-0.2, -0.15) is 5.10 Å². The highest BCUT2D eigenvalue weighted by Gasteiger charge is 2.16. The van der Waals surface area contributed by atoms with Gasteiger partial charge in [0.05, 0.1) is 11.6 Å². The van der Waals surface area contributed by atoms with Crippen molar-refractivity contribution in [2.24, 2.45) is 0 Å². The second-order valence-electron chi connectivity index (χ2n) is 4.33. The molecule has 0 radical (unpaired) electrons. The molecule has 2 N–H and O–H groups in total. The van der Waals surface area contributed by atoms with Crippen LogP contribution >= 0.6 is 11.3 Å². The van der Waals surface area contributed by atoms with Crippen LogP contribution in [-0.2, 0) is 0 Å². The number of carbonyl (C=O) groups is 1. The molecule has 2 heterocycles. The molecule has 96 valence electrons. The molecule has 0 saturated carbocycles. The van der Waals surface area contributed by atoms with E-state index in [2.05, 4.69) is 15.5 Å². The van der Waals surface area contributed by atoms with Gasteiger partial charge in [0.1, 0.15) is 0 Å². The average molecular weight is 271 g/mol. The molecular formula is C14H13N3OS. The maximum atomic E-state index is 12.2. The van der Waals surface area contributed by atoms with Crippen LogP contribution in [0.5, 0.6) is 0 Å². The molecule has 5 heteroatoms. The fraction of sp³-hybridized carbons (Fsp3) is 0.143. The summed E-state index contributed by atoms with van der Waals surface area (Å²) in [6, 6.07) is 11.6. The Morgan fingerprint density at radius 2 is 2.16 bits per heavy atom. The number of aromatic amines is 1. The molecule has 0 aliphatic rings. The summed E-state index contributed by atoms with van der Waals surface area (Å²) in [6.07, 6.45) is 0. The van der Waals surface area contributed by atoms with Gasteiger partial charge in [0.15, 0.2) is 5.69 Å². The number of H-pyrrole nitrogens is 1. The van der Waals surface area contributed by atoms with Crippen molar-refractivity contribution in [3.63, 3.8) is 0 Å². The minimum Gasteiger partial charge on any atom is -0.343 e. The van der Waals surface area contributed by atoms with Gasteiger partial charge >= 0.3 is 0 Å². The van der Waals surface area contributed by atoms with Gasteiger partial charge in [-0.05, 0) is 24.4 Å². The van der Waals surface area contributed by atoms with Gasteiger partial charge in [-0.1, -0.05) is 24.3 Å². The summed E-state index contributed by atoms with van der Waals surface area (Å²) in [5, 5.41) is 12.8. The highest BCUT2D eigenvalue weighted by Crippen LogP contribution is 2.20. The third-order valence-electron chi connectivity index (χ3n) is 3.00. The minimum atomic E-state index is -0.154. The summed E-state index contributed by atoms with van der Waals surface area (Å²) in [5.41, 5.74) is 1.32. The van der Waals surface area contributed by atoms with Crippen LogP contribution in [0.25, 0.3) is 10.9 Å². The number of thiophene rings is 1. The van der Waals surface area contributed by atoms with Crippen molar-refractivity contribution in [2.45, 2.75) is 13.0 Å². The van der Waals surface area contributed by atoms with Crippen LogP contribution in [0.3, 0.4) is 0 Å². The molecule has 1 aromatic carbocycles. The standard InChI is InChI=1S/C14H13N3OS/c1-9(12-7-4-8-19-12)15-14(18)13-10-5-2-3-6-11(10)16-17-13/h2-9H,1H3,(H,15,18)(H,16,17). The third-order valence-corrected chi connectivity index (χ3v) is 4.06. The molecule has 4 nitrogen and oxygen atoms in total. The lowest BCUT2D eigenvalue weighted by atomic mass is 10.2. The topological polar surface area (TPSA) is 57.8 Å². The molecule has 2 aromatic heterocycles. The zero-order valence-corrected chi connectivity index (χ0v) is 11.2. The van der Waals surface area contributed by atoms with Crippen molar-refractivity contribution in [1.82, 2.24) is 15.5 Å². The molecule has 1 atom stereocenters. The van der Waals surface area contributed by atoms with E-state index in [9.17, 15) is 4.79 Å². The molecule has 1 amide bonds. The number of amides is 1. The van der Waals surface area contributed by atoms with Crippen LogP contribution in [0.1, 0.15) is 28.3 Å². The normalized spacial score (nSPS) is 12.5. The summed E-state index contributed by atoms with van der Waals surface area (Å²) in [5.74, 6) is -0.154. The molecule has 0 saturated heterocycles. The van der Waals surface area contributed by atoms with E-state index < -0.39 is 0 Å². The Morgan fingerprint density at radius 3 is 2.95 bits per heavy atom. The van der Waals surface area contributed by atoms with E-state index in [1.165, 1.54) is 0 Å². The number of para-hydroxylation sites is 1. The van der Waals surface area contributed by atoms with Crippen LogP contribution in [0.15, 0.2) is 41.8 Å². The zero-order valence-electron chi connectivity index (χ0n) is 10.4. The van der Waals surface area contributed by atoms with Crippen molar-refractivity contribution in [3.8, 4) is 0 Å². The van der Waals surface area contributed by atoms with Gasteiger partial charge in [0.25, 0.3) is 5.91 Å². The first kappa shape index (κ1) is 11.9. The summed E-state index contributed by atoms with van der Waals surface area (Å²) < 4.78 is 0. The highest BCUT2D eigenvalue weighted by atomic mass is 32.1. The predicted octanol–water partition coefficient (Wildman–Crippen LogP) is 3.12. The van der Waals surface area contributed by atoms with E-state index in [4.69, 9.17) is 0 Å². The van der Waals surface area contributed by atoms with Gasteiger partial charge < -0.3 is 5.32 Å². The number of fused-ring (bicyclic) bond motifs is 1. The molecule has 3 aromatic rings. The van der Waals surface area contributed by atoms with E-state index in [1.807, 2.05) is 48.7 Å². The molecular weight excluding hydrogens is 258 g/mol. The van der Waals surface area contributed by atoms with Gasteiger partial charge in [-0.3, -0.25) is 9.89 Å². The van der Waals surface area contributed by atoms with E-state index in [0.29, 0.717) is 5.69 Å². The molecule has 0 fully saturated rings. The van der Waals surface area contributed by atoms with Crippen molar-refractivity contribution < 1.29 is 4.79 Å². The first-order chi connectivity index (χ1) is 9.25. The largest absolute Gasteiger partial charge is 0.343 e. The quantitative estimate of drug-likeness (QED) is 0.769. The van der Waals surface area contributed by atoms with Crippen LogP contribution < -0.4 is 5.32 Å². The average Bonchev–Trinajstić information content (AvgIpc) is 3.08. The lowest BCUT2D eigenvalue weighted by Crippen LogP contribution is -2.26. The van der Waals surface area contributed by atoms with Crippen molar-refractivity contribution in [1.29, 1.82) is 0 Å². The van der Waals surface area contributed by atoms with Crippen molar-refractivity contribution in [2.75, 3.05) is 0 Å². The van der Waals surface area contributed by atoms with E-state index >= 15 is 0 Å². The Hall–Kier alpha value is -2.14. The van der Waals surface area contributed by atoms with Gasteiger partial charge in [-0.15, -0.1) is 11.3 Å². The number of aromatic nitrogens is 2. The monoisotopic (exact) mass is 271 g/mol. The molecule has 0 spiro atoms. The lowest BCUT2D eigenvalue weighted by molar-refractivity contribution is 0.0937. The maximum absolute atomic E-state index is 12.2. The number of hydrogen-bond donors (Lipinski definition) is 2. The van der Waals surface area contributed by atoms with E-state index in [1.54, 1.807) is 11.3 Å². The highest BCUT2D eigenvalue weighted by molar-refractivity contribution is 7.10. The number of nitrogens with one attached hydrogen (secondary N) is 2. The number of benzene rings is 1. The zero-order chi connectivity index (χ0) is 13.2. The fourth-order valence-corrected chi connectivity index (χ4v) is 2.74. The summed E-state index contributed by atoms with van der Waals surface area (Å²) in [6.45, 7) is 1.97. The Kier molecular flexibility index (Phi) is 3.05. The Labute approximate surface area is 114 Å². The molecule has 0 aliphatic heterocycles. The number of rotatable bonds is 3. The predicted molar refractivity (Wildman–Crippen MR) is 76.3 cm³/mol. The minimum absolute atomic E-state index is 0.0111. The maximum Gasteiger partial charge on any atom is 0.272 e. The smallest absolute Gasteiger partial charge is 0.272 e. The molecule has 0 aliphatic carbocycles. The Balaban J connectivity index is 1.84. The molecule has 1 unspecified atom stereocenters. The second-order valence-corrected chi connectivity index (χ2v) is 5.31. The number of carbonyl (C=O) groups excluding carboxylic acids is 1. The first-order valence-corrected chi connectivity index (χ1v) is 6.91. The SMILES string of the molecule is CC(NC(=O)c1n[nH]c2ccccc12)c1cccs1. The van der Waals surface area contributed by atoms with Crippen molar-refractivity contribution in [3.05, 3.63) is 52.3 Å². The van der Waals surface area contributed by atoms with Gasteiger partial charge in [0.2, 0.25) is 0 Å². The molecule has 19 heavy (non-hydrogen) atoms. The summed E-state index contributed by atoms with van der Waals surface area (Å²) in [7, 11) is 0.